The standard InChI is InChI=1S/C20H27N3O/c1-20(2,17-9-5-4-6-10-17)19(24)23-12-7-8-16(15-23)14-18-21-11-13-22(18)3/h4-6,9-11,13,16H,7-8,12,14-15H2,1-3H3/t16-/m0/s1. The summed E-state index contributed by atoms with van der Waals surface area (Å²) in [5, 5.41) is 0. The van der Waals surface area contributed by atoms with Crippen LogP contribution in [0.25, 0.3) is 0 Å². The smallest absolute Gasteiger partial charge is 0.232 e. The van der Waals surface area contributed by atoms with E-state index in [1.54, 1.807) is 0 Å². The Hall–Kier alpha value is -2.10. The average Bonchev–Trinajstić information content (AvgIpc) is 3.00. The lowest BCUT2D eigenvalue weighted by Crippen LogP contribution is -2.48. The summed E-state index contributed by atoms with van der Waals surface area (Å²) in [6.07, 6.45) is 7.02. The molecule has 0 radical (unpaired) electrons. The maximum Gasteiger partial charge on any atom is 0.232 e. The molecule has 1 fully saturated rings. The number of nitrogens with zero attached hydrogens (tertiary/aromatic N) is 3. The third kappa shape index (κ3) is 3.37. The van der Waals surface area contributed by atoms with Gasteiger partial charge in [0.25, 0.3) is 0 Å². The molecular formula is C20H27N3O. The summed E-state index contributed by atoms with van der Waals surface area (Å²) in [7, 11) is 2.03. The highest BCUT2D eigenvalue weighted by atomic mass is 16.2. The van der Waals surface area contributed by atoms with Crippen LogP contribution in [0.3, 0.4) is 0 Å². The van der Waals surface area contributed by atoms with Crippen molar-refractivity contribution < 1.29 is 4.79 Å². The minimum atomic E-state index is -0.480. The van der Waals surface area contributed by atoms with Crippen LogP contribution in [0.2, 0.25) is 0 Å². The third-order valence-electron chi connectivity index (χ3n) is 5.23. The van der Waals surface area contributed by atoms with Gasteiger partial charge in [-0.15, -0.1) is 0 Å². The molecule has 1 aliphatic heterocycles. The van der Waals surface area contributed by atoms with E-state index in [-0.39, 0.29) is 5.91 Å². The number of amides is 1. The highest BCUT2D eigenvalue weighted by Gasteiger charge is 2.35. The van der Waals surface area contributed by atoms with E-state index in [9.17, 15) is 4.79 Å². The summed E-state index contributed by atoms with van der Waals surface area (Å²) in [5.74, 6) is 1.84. The van der Waals surface area contributed by atoms with Crippen molar-refractivity contribution in [2.45, 2.75) is 38.5 Å². The fraction of sp³-hybridized carbons (Fsp3) is 0.500. The molecule has 0 saturated carbocycles. The Labute approximate surface area is 144 Å². The first-order valence-electron chi connectivity index (χ1n) is 8.79. The van der Waals surface area contributed by atoms with Crippen LogP contribution in [0.4, 0.5) is 0 Å². The highest BCUT2D eigenvalue weighted by molar-refractivity contribution is 5.87. The maximum absolute atomic E-state index is 13.1. The average molecular weight is 325 g/mol. The zero-order chi connectivity index (χ0) is 17.2. The number of likely N-dealkylation sites (tertiary alicyclic amines) is 1. The van der Waals surface area contributed by atoms with Crippen LogP contribution in [-0.4, -0.2) is 33.4 Å². The molecule has 0 unspecified atom stereocenters. The molecule has 2 heterocycles. The van der Waals surface area contributed by atoms with Crippen LogP contribution in [0.1, 0.15) is 38.1 Å². The SMILES string of the molecule is Cn1ccnc1C[C@@H]1CCCN(C(=O)C(C)(C)c2ccccc2)C1. The van der Waals surface area contributed by atoms with Crippen molar-refractivity contribution in [3.8, 4) is 0 Å². The Kier molecular flexibility index (Phi) is 4.74. The van der Waals surface area contributed by atoms with Gasteiger partial charge in [0, 0.05) is 39.0 Å². The van der Waals surface area contributed by atoms with E-state index in [0.717, 1.165) is 37.3 Å². The van der Waals surface area contributed by atoms with Gasteiger partial charge in [0.2, 0.25) is 5.91 Å². The van der Waals surface area contributed by atoms with E-state index in [1.807, 2.05) is 63.6 Å². The summed E-state index contributed by atoms with van der Waals surface area (Å²) in [6.45, 7) is 5.77. The Morgan fingerprint density at radius 3 is 2.71 bits per heavy atom. The van der Waals surface area contributed by atoms with Crippen LogP contribution in [0, 0.1) is 5.92 Å². The van der Waals surface area contributed by atoms with Gasteiger partial charge in [0.15, 0.2) is 0 Å². The van der Waals surface area contributed by atoms with E-state index in [0.29, 0.717) is 5.92 Å². The number of hydrogen-bond acceptors (Lipinski definition) is 2. The van der Waals surface area contributed by atoms with Gasteiger partial charge < -0.3 is 9.47 Å². The molecule has 0 aliphatic carbocycles. The Bertz CT molecular complexity index is 690. The molecule has 4 heteroatoms. The number of hydrogen-bond donors (Lipinski definition) is 0. The number of carbonyl (C=O) groups is 1. The molecule has 1 aliphatic rings. The second-order valence-electron chi connectivity index (χ2n) is 7.41. The third-order valence-corrected chi connectivity index (χ3v) is 5.23. The topological polar surface area (TPSA) is 38.1 Å². The van der Waals surface area contributed by atoms with Crippen LogP contribution >= 0.6 is 0 Å². The summed E-state index contributed by atoms with van der Waals surface area (Å²) in [6, 6.07) is 10.1. The van der Waals surface area contributed by atoms with Gasteiger partial charge in [-0.05, 0) is 38.2 Å². The Balaban J connectivity index is 1.70. The lowest BCUT2D eigenvalue weighted by Gasteiger charge is -2.38. The largest absolute Gasteiger partial charge is 0.342 e. The number of benzene rings is 1. The predicted molar refractivity (Wildman–Crippen MR) is 95.7 cm³/mol. The number of aromatic nitrogens is 2. The molecule has 1 saturated heterocycles. The number of piperidine rings is 1. The van der Waals surface area contributed by atoms with Crippen LogP contribution < -0.4 is 0 Å². The van der Waals surface area contributed by atoms with Gasteiger partial charge >= 0.3 is 0 Å². The number of imidazole rings is 1. The summed E-state index contributed by atoms with van der Waals surface area (Å²) in [5.41, 5.74) is 0.605. The highest BCUT2D eigenvalue weighted by Crippen LogP contribution is 2.29. The lowest BCUT2D eigenvalue weighted by atomic mass is 9.82. The van der Waals surface area contributed by atoms with Gasteiger partial charge in [-0.2, -0.15) is 0 Å². The first kappa shape index (κ1) is 16.7. The number of rotatable bonds is 4. The second kappa shape index (κ2) is 6.80. The van der Waals surface area contributed by atoms with Crippen molar-refractivity contribution in [1.29, 1.82) is 0 Å². The first-order chi connectivity index (χ1) is 11.5. The van der Waals surface area contributed by atoms with E-state index < -0.39 is 5.41 Å². The van der Waals surface area contributed by atoms with Crippen LogP contribution in [-0.2, 0) is 23.7 Å². The Morgan fingerprint density at radius 1 is 1.29 bits per heavy atom. The predicted octanol–water partition coefficient (Wildman–Crippen LogP) is 3.18. The molecule has 128 valence electrons. The molecule has 4 nitrogen and oxygen atoms in total. The van der Waals surface area contributed by atoms with E-state index >= 15 is 0 Å². The minimum absolute atomic E-state index is 0.234. The zero-order valence-electron chi connectivity index (χ0n) is 14.9. The van der Waals surface area contributed by atoms with Crippen LogP contribution in [0.5, 0.6) is 0 Å². The minimum Gasteiger partial charge on any atom is -0.342 e. The van der Waals surface area contributed by atoms with Gasteiger partial charge in [-0.3, -0.25) is 4.79 Å². The first-order valence-corrected chi connectivity index (χ1v) is 8.79. The van der Waals surface area contributed by atoms with E-state index in [1.165, 1.54) is 6.42 Å². The number of carbonyl (C=O) groups excluding carboxylic acids is 1. The van der Waals surface area contributed by atoms with Crippen molar-refractivity contribution in [2.24, 2.45) is 13.0 Å². The van der Waals surface area contributed by atoms with Gasteiger partial charge in [0.1, 0.15) is 5.82 Å². The van der Waals surface area contributed by atoms with Crippen molar-refractivity contribution in [2.75, 3.05) is 13.1 Å². The second-order valence-corrected chi connectivity index (χ2v) is 7.41. The molecule has 1 aromatic carbocycles. The summed E-state index contributed by atoms with van der Waals surface area (Å²) >= 11 is 0. The quantitative estimate of drug-likeness (QED) is 0.866. The zero-order valence-corrected chi connectivity index (χ0v) is 14.9. The molecule has 0 N–H and O–H groups in total. The lowest BCUT2D eigenvalue weighted by molar-refractivity contribution is -0.138. The van der Waals surface area contributed by atoms with E-state index in [2.05, 4.69) is 14.5 Å². The molecule has 1 amide bonds. The van der Waals surface area contributed by atoms with Gasteiger partial charge in [-0.1, -0.05) is 30.3 Å². The Morgan fingerprint density at radius 2 is 2.04 bits per heavy atom. The van der Waals surface area contributed by atoms with Gasteiger partial charge in [-0.25, -0.2) is 4.98 Å². The van der Waals surface area contributed by atoms with E-state index in [4.69, 9.17) is 0 Å². The molecular weight excluding hydrogens is 298 g/mol. The fourth-order valence-corrected chi connectivity index (χ4v) is 3.64. The van der Waals surface area contributed by atoms with Crippen molar-refractivity contribution >= 4 is 5.91 Å². The summed E-state index contributed by atoms with van der Waals surface area (Å²) < 4.78 is 2.08. The maximum atomic E-state index is 13.1. The van der Waals surface area contributed by atoms with Crippen molar-refractivity contribution in [3.05, 3.63) is 54.1 Å². The van der Waals surface area contributed by atoms with Crippen LogP contribution in [0.15, 0.2) is 42.7 Å². The molecule has 1 aromatic heterocycles. The normalized spacial score (nSPS) is 18.6. The molecule has 0 bridgehead atoms. The molecule has 2 aromatic rings. The molecule has 24 heavy (non-hydrogen) atoms. The monoisotopic (exact) mass is 325 g/mol. The molecule has 3 rings (SSSR count). The van der Waals surface area contributed by atoms with Gasteiger partial charge in [0.05, 0.1) is 5.41 Å². The van der Waals surface area contributed by atoms with Crippen molar-refractivity contribution in [3.63, 3.8) is 0 Å². The summed E-state index contributed by atoms with van der Waals surface area (Å²) in [4.78, 5) is 19.6. The number of aryl methyl sites for hydroxylation is 1. The molecule has 0 spiro atoms. The fourth-order valence-electron chi connectivity index (χ4n) is 3.64. The van der Waals surface area contributed by atoms with Crippen molar-refractivity contribution in [1.82, 2.24) is 14.5 Å². The molecule has 1 atom stereocenters.